The lowest BCUT2D eigenvalue weighted by Crippen LogP contribution is -2.23. The molecule has 9 nitrogen and oxygen atoms in total. The quantitative estimate of drug-likeness (QED) is 0.362. The SMILES string of the molecule is COc1ccc(C(=O)OCc2c(C)c(=O)n3c(=O)c(C)c(COC(=O)c4ccccc4Cl)n23)cc1. The lowest BCUT2D eigenvalue weighted by Gasteiger charge is -2.10. The Morgan fingerprint density at radius 1 is 0.800 bits per heavy atom. The van der Waals surface area contributed by atoms with Crippen molar-refractivity contribution in [3.63, 3.8) is 0 Å². The minimum Gasteiger partial charge on any atom is -0.497 e. The lowest BCUT2D eigenvalue weighted by molar-refractivity contribution is 0.0458. The van der Waals surface area contributed by atoms with E-state index < -0.39 is 23.1 Å². The van der Waals surface area contributed by atoms with E-state index in [-0.39, 0.29) is 40.6 Å². The summed E-state index contributed by atoms with van der Waals surface area (Å²) in [5.41, 5.74) is 0.434. The highest BCUT2D eigenvalue weighted by atomic mass is 35.5. The summed E-state index contributed by atoms with van der Waals surface area (Å²) >= 11 is 6.06. The van der Waals surface area contributed by atoms with Crippen LogP contribution in [0.4, 0.5) is 0 Å². The number of hydrogen-bond donors (Lipinski definition) is 0. The molecule has 4 aromatic rings. The fourth-order valence-corrected chi connectivity index (χ4v) is 3.89. The number of carbonyl (C=O) groups excluding carboxylic acids is 2. The van der Waals surface area contributed by atoms with E-state index in [0.29, 0.717) is 17.0 Å². The average Bonchev–Trinajstić information content (AvgIpc) is 3.26. The van der Waals surface area contributed by atoms with E-state index in [1.54, 1.807) is 42.5 Å². The highest BCUT2D eigenvalue weighted by molar-refractivity contribution is 6.33. The summed E-state index contributed by atoms with van der Waals surface area (Å²) in [4.78, 5) is 50.6. The van der Waals surface area contributed by atoms with Gasteiger partial charge < -0.3 is 14.2 Å². The number of esters is 2. The van der Waals surface area contributed by atoms with Gasteiger partial charge >= 0.3 is 11.9 Å². The standard InChI is InChI=1S/C25H21ClN2O7/c1-14-20(12-34-24(31)16-8-10-17(33-3)11-9-16)27-21(15(2)23(30)28(27)22(14)29)13-35-25(32)18-6-4-5-7-19(18)26/h4-11H,12-13H2,1-3H3. The largest absolute Gasteiger partial charge is 0.497 e. The molecule has 0 amide bonds. The molecule has 0 radical (unpaired) electrons. The molecule has 0 saturated heterocycles. The van der Waals surface area contributed by atoms with Crippen LogP contribution in [0.1, 0.15) is 43.2 Å². The second-order valence-electron chi connectivity index (χ2n) is 7.74. The fraction of sp³-hybridized carbons (Fsp3) is 0.200. The molecule has 35 heavy (non-hydrogen) atoms. The second kappa shape index (κ2) is 9.63. The molecule has 10 heteroatoms. The molecule has 0 fully saturated rings. The van der Waals surface area contributed by atoms with Gasteiger partial charge in [-0.2, -0.15) is 4.52 Å². The summed E-state index contributed by atoms with van der Waals surface area (Å²) < 4.78 is 18.2. The first kappa shape index (κ1) is 24.0. The van der Waals surface area contributed by atoms with Gasteiger partial charge in [-0.1, -0.05) is 23.7 Å². The minimum atomic E-state index is -0.680. The van der Waals surface area contributed by atoms with E-state index >= 15 is 0 Å². The van der Waals surface area contributed by atoms with Gasteiger partial charge in [0, 0.05) is 11.1 Å². The summed E-state index contributed by atoms with van der Waals surface area (Å²) in [6.45, 7) is 2.49. The van der Waals surface area contributed by atoms with E-state index in [2.05, 4.69) is 0 Å². The molecule has 2 heterocycles. The van der Waals surface area contributed by atoms with Crippen molar-refractivity contribution in [2.75, 3.05) is 7.11 Å². The number of benzene rings is 2. The number of ether oxygens (including phenoxy) is 3. The van der Waals surface area contributed by atoms with Crippen molar-refractivity contribution in [3.05, 3.63) is 108 Å². The van der Waals surface area contributed by atoms with Crippen LogP contribution in [0, 0.1) is 13.8 Å². The number of rotatable bonds is 7. The zero-order chi connectivity index (χ0) is 25.3. The molecule has 0 atom stereocenters. The van der Waals surface area contributed by atoms with Gasteiger partial charge in [0.25, 0.3) is 11.1 Å². The summed E-state index contributed by atoms with van der Waals surface area (Å²) in [5, 5.41) is 0.227. The van der Waals surface area contributed by atoms with Crippen molar-refractivity contribution in [3.8, 4) is 5.75 Å². The van der Waals surface area contributed by atoms with E-state index in [4.69, 9.17) is 25.8 Å². The molecule has 0 aliphatic rings. The zero-order valence-corrected chi connectivity index (χ0v) is 19.9. The van der Waals surface area contributed by atoms with Crippen molar-refractivity contribution in [2.24, 2.45) is 0 Å². The third-order valence-corrected chi connectivity index (χ3v) is 6.03. The maximum atomic E-state index is 12.8. The Kier molecular flexibility index (Phi) is 6.61. The van der Waals surface area contributed by atoms with Crippen LogP contribution in [0.2, 0.25) is 5.02 Å². The Balaban J connectivity index is 1.63. The monoisotopic (exact) mass is 496 g/mol. The summed E-state index contributed by atoms with van der Waals surface area (Å²) in [7, 11) is 1.52. The van der Waals surface area contributed by atoms with E-state index in [0.717, 1.165) is 4.52 Å². The smallest absolute Gasteiger partial charge is 0.340 e. The van der Waals surface area contributed by atoms with Gasteiger partial charge in [-0.15, -0.1) is 0 Å². The van der Waals surface area contributed by atoms with Crippen molar-refractivity contribution in [2.45, 2.75) is 27.1 Å². The molecular weight excluding hydrogens is 476 g/mol. The summed E-state index contributed by atoms with van der Waals surface area (Å²) in [5.74, 6) is -0.707. The number of hydrogen-bond acceptors (Lipinski definition) is 7. The van der Waals surface area contributed by atoms with E-state index in [9.17, 15) is 19.2 Å². The van der Waals surface area contributed by atoms with Crippen molar-refractivity contribution in [1.29, 1.82) is 0 Å². The van der Waals surface area contributed by atoms with Gasteiger partial charge in [0.2, 0.25) is 0 Å². The van der Waals surface area contributed by atoms with Crippen LogP contribution in [0.15, 0.2) is 58.1 Å². The number of aromatic nitrogens is 2. The molecule has 0 aliphatic carbocycles. The normalized spacial score (nSPS) is 11.0. The van der Waals surface area contributed by atoms with Gasteiger partial charge in [0.15, 0.2) is 0 Å². The molecule has 0 saturated carbocycles. The molecular formula is C25H21ClN2O7. The van der Waals surface area contributed by atoms with Crippen molar-refractivity contribution < 1.29 is 23.8 Å². The first-order chi connectivity index (χ1) is 16.7. The van der Waals surface area contributed by atoms with Gasteiger partial charge in [-0.05, 0) is 50.2 Å². The molecule has 4 rings (SSSR count). The number of halogens is 1. The predicted octanol–water partition coefficient (Wildman–Crippen LogP) is 3.19. The highest BCUT2D eigenvalue weighted by Crippen LogP contribution is 2.19. The van der Waals surface area contributed by atoms with E-state index in [1.165, 1.54) is 31.5 Å². The Bertz CT molecular complexity index is 1540. The lowest BCUT2D eigenvalue weighted by atomic mass is 10.2. The van der Waals surface area contributed by atoms with Crippen molar-refractivity contribution >= 4 is 23.5 Å². The highest BCUT2D eigenvalue weighted by Gasteiger charge is 2.24. The predicted molar refractivity (Wildman–Crippen MR) is 127 cm³/mol. The molecule has 2 aromatic carbocycles. The van der Waals surface area contributed by atoms with Crippen molar-refractivity contribution in [1.82, 2.24) is 9.03 Å². The second-order valence-corrected chi connectivity index (χ2v) is 8.15. The first-order valence-corrected chi connectivity index (χ1v) is 10.9. The van der Waals surface area contributed by atoms with Gasteiger partial charge in [-0.3, -0.25) is 9.59 Å². The molecule has 180 valence electrons. The van der Waals surface area contributed by atoms with Crippen LogP contribution in [0.3, 0.4) is 0 Å². The van der Waals surface area contributed by atoms with Crippen LogP contribution < -0.4 is 15.9 Å². The summed E-state index contributed by atoms with van der Waals surface area (Å²) in [6, 6.07) is 12.8. The van der Waals surface area contributed by atoms with Crippen LogP contribution >= 0.6 is 11.6 Å². The zero-order valence-electron chi connectivity index (χ0n) is 19.2. The minimum absolute atomic E-state index is 0.173. The van der Waals surface area contributed by atoms with Crippen LogP contribution in [0.25, 0.3) is 0 Å². The third-order valence-electron chi connectivity index (χ3n) is 5.70. The topological polar surface area (TPSA) is 105 Å². The fourth-order valence-electron chi connectivity index (χ4n) is 3.68. The van der Waals surface area contributed by atoms with Gasteiger partial charge in [0.05, 0.1) is 34.6 Å². The summed E-state index contributed by atoms with van der Waals surface area (Å²) in [6.07, 6.45) is 0. The van der Waals surface area contributed by atoms with Crippen LogP contribution in [-0.4, -0.2) is 28.1 Å². The number of fused-ring (bicyclic) bond motifs is 1. The maximum Gasteiger partial charge on any atom is 0.340 e. The van der Waals surface area contributed by atoms with Crippen LogP contribution in [-0.2, 0) is 22.7 Å². The Labute approximate surface area is 204 Å². The van der Waals surface area contributed by atoms with Gasteiger partial charge in [0.1, 0.15) is 19.0 Å². The number of nitrogens with zero attached hydrogens (tertiary/aromatic N) is 2. The molecule has 0 spiro atoms. The Morgan fingerprint density at radius 2 is 1.34 bits per heavy atom. The molecule has 2 aromatic heterocycles. The van der Waals surface area contributed by atoms with Crippen LogP contribution in [0.5, 0.6) is 5.75 Å². The molecule has 0 bridgehead atoms. The Morgan fingerprint density at radius 3 is 1.89 bits per heavy atom. The van der Waals surface area contributed by atoms with Gasteiger partial charge in [-0.25, -0.2) is 14.1 Å². The average molecular weight is 497 g/mol. The molecule has 0 N–H and O–H groups in total. The maximum absolute atomic E-state index is 12.8. The molecule has 0 aliphatic heterocycles. The number of carbonyl (C=O) groups is 2. The third kappa shape index (κ3) is 4.38. The number of methoxy groups -OCH3 is 1. The first-order valence-electron chi connectivity index (χ1n) is 10.6. The van der Waals surface area contributed by atoms with E-state index in [1.807, 2.05) is 0 Å². The molecule has 0 unspecified atom stereocenters. The Hall–Kier alpha value is -4.11.